The van der Waals surface area contributed by atoms with Gasteiger partial charge in [0, 0.05) is 10.6 Å². The Labute approximate surface area is 121 Å². The van der Waals surface area contributed by atoms with Crippen molar-refractivity contribution in [3.63, 3.8) is 0 Å². The molecule has 0 spiro atoms. The molecule has 0 aliphatic rings. The third kappa shape index (κ3) is 2.91. The molecule has 0 bridgehead atoms. The number of hydrogen-bond donors (Lipinski definition) is 0. The summed E-state index contributed by atoms with van der Waals surface area (Å²) in [6, 6.07) is 6.96. The highest BCUT2D eigenvalue weighted by Gasteiger charge is 2.15. The number of carbonyl (C=O) groups excluding carboxylic acids is 1. The average Bonchev–Trinajstić information content (AvgIpc) is 2.57. The summed E-state index contributed by atoms with van der Waals surface area (Å²) < 4.78 is 0.765. The van der Waals surface area contributed by atoms with Crippen LogP contribution in [0, 0.1) is 6.92 Å². The topological polar surface area (TPSA) is 17.1 Å². The Bertz CT molecular complexity index is 552. The summed E-state index contributed by atoms with van der Waals surface area (Å²) in [6.07, 6.45) is 0. The Kier molecular flexibility index (Phi) is 3.93. The third-order valence-electron chi connectivity index (χ3n) is 2.17. The average molecular weight is 350 g/mol. The van der Waals surface area contributed by atoms with Crippen molar-refractivity contribution in [1.82, 2.24) is 0 Å². The number of carbonyl (C=O) groups is 1. The zero-order valence-corrected chi connectivity index (χ0v) is 12.7. The van der Waals surface area contributed by atoms with Crippen molar-refractivity contribution in [2.75, 3.05) is 0 Å². The molecule has 1 aromatic carbocycles. The summed E-state index contributed by atoms with van der Waals surface area (Å²) in [7, 11) is 0. The summed E-state index contributed by atoms with van der Waals surface area (Å²) in [4.78, 5) is 12.8. The van der Waals surface area contributed by atoms with Gasteiger partial charge in [-0.2, -0.15) is 0 Å². The summed E-state index contributed by atoms with van der Waals surface area (Å²) in [5.41, 5.74) is 1.54. The van der Waals surface area contributed by atoms with E-state index in [1.54, 1.807) is 12.1 Å². The van der Waals surface area contributed by atoms with Gasteiger partial charge in [-0.3, -0.25) is 4.79 Å². The molecule has 0 unspecified atom stereocenters. The normalized spacial score (nSPS) is 10.6. The van der Waals surface area contributed by atoms with Gasteiger partial charge >= 0.3 is 0 Å². The van der Waals surface area contributed by atoms with Crippen LogP contribution >= 0.6 is 50.5 Å². The molecule has 0 saturated carbocycles. The molecule has 1 heterocycles. The minimum Gasteiger partial charge on any atom is -0.288 e. The van der Waals surface area contributed by atoms with E-state index in [1.807, 2.05) is 19.1 Å². The van der Waals surface area contributed by atoms with Crippen LogP contribution < -0.4 is 0 Å². The fourth-order valence-electron chi connectivity index (χ4n) is 1.47. The highest BCUT2D eigenvalue weighted by atomic mass is 79.9. The first-order chi connectivity index (χ1) is 7.97. The molecule has 0 amide bonds. The Balaban J connectivity index is 2.43. The first-order valence-corrected chi connectivity index (χ1v) is 7.10. The second kappa shape index (κ2) is 5.11. The van der Waals surface area contributed by atoms with E-state index in [1.165, 1.54) is 11.3 Å². The minimum atomic E-state index is -0.0619. The maximum atomic E-state index is 12.2. The standard InChI is InChI=1S/C12H7BrCl2OS/c1-6-2-7(4-8(14)3-6)11(16)10-5-9(15)12(13)17-10/h2-5H,1H3. The van der Waals surface area contributed by atoms with Crippen molar-refractivity contribution in [3.05, 3.63) is 54.1 Å². The molecule has 0 fully saturated rings. The molecular formula is C12H7BrCl2OS. The summed E-state index contributed by atoms with van der Waals surface area (Å²) >= 11 is 16.5. The molecule has 2 rings (SSSR count). The van der Waals surface area contributed by atoms with Gasteiger partial charge < -0.3 is 0 Å². The first kappa shape index (κ1) is 13.1. The molecule has 0 aliphatic carbocycles. The lowest BCUT2D eigenvalue weighted by atomic mass is 10.1. The number of rotatable bonds is 2. The molecule has 5 heteroatoms. The van der Waals surface area contributed by atoms with Crippen molar-refractivity contribution < 1.29 is 4.79 Å². The van der Waals surface area contributed by atoms with Crippen LogP contribution in [0.5, 0.6) is 0 Å². The molecule has 0 saturated heterocycles. The number of halogens is 3. The molecule has 2 aromatic rings. The monoisotopic (exact) mass is 348 g/mol. The van der Waals surface area contributed by atoms with Crippen molar-refractivity contribution in [3.8, 4) is 0 Å². The van der Waals surface area contributed by atoms with Crippen LogP contribution in [0.1, 0.15) is 20.8 Å². The maximum absolute atomic E-state index is 12.2. The molecule has 1 nitrogen and oxygen atoms in total. The Morgan fingerprint density at radius 3 is 2.47 bits per heavy atom. The highest BCUT2D eigenvalue weighted by molar-refractivity contribution is 9.11. The second-order valence-corrected chi connectivity index (χ2v) is 6.79. The lowest BCUT2D eigenvalue weighted by Gasteiger charge is -2.01. The van der Waals surface area contributed by atoms with Crippen LogP contribution in [-0.2, 0) is 0 Å². The molecule has 0 aliphatic heterocycles. The number of aryl methyl sites for hydroxylation is 1. The van der Waals surface area contributed by atoms with Crippen LogP contribution in [0.4, 0.5) is 0 Å². The van der Waals surface area contributed by atoms with Crippen molar-refractivity contribution in [1.29, 1.82) is 0 Å². The van der Waals surface area contributed by atoms with Gasteiger partial charge in [-0.15, -0.1) is 11.3 Å². The minimum absolute atomic E-state index is 0.0619. The summed E-state index contributed by atoms with van der Waals surface area (Å²) in [5.74, 6) is -0.0619. The molecule has 0 atom stereocenters. The van der Waals surface area contributed by atoms with E-state index in [9.17, 15) is 4.79 Å². The van der Waals surface area contributed by atoms with E-state index in [0.717, 1.165) is 9.35 Å². The third-order valence-corrected chi connectivity index (χ3v) is 4.86. The largest absolute Gasteiger partial charge is 0.288 e. The Morgan fingerprint density at radius 1 is 1.24 bits per heavy atom. The van der Waals surface area contributed by atoms with Crippen molar-refractivity contribution in [2.24, 2.45) is 0 Å². The molecule has 17 heavy (non-hydrogen) atoms. The van der Waals surface area contributed by atoms with Gasteiger partial charge in [-0.25, -0.2) is 0 Å². The van der Waals surface area contributed by atoms with Gasteiger partial charge in [0.05, 0.1) is 13.7 Å². The smallest absolute Gasteiger partial charge is 0.203 e. The lowest BCUT2D eigenvalue weighted by Crippen LogP contribution is -1.98. The molecule has 88 valence electrons. The summed E-state index contributed by atoms with van der Waals surface area (Å²) in [6.45, 7) is 1.90. The SMILES string of the molecule is Cc1cc(Cl)cc(C(=O)c2cc(Cl)c(Br)s2)c1. The van der Waals surface area contributed by atoms with Crippen LogP contribution in [0.2, 0.25) is 10.0 Å². The number of ketones is 1. The molecule has 1 aromatic heterocycles. The Hall–Kier alpha value is -0.350. The van der Waals surface area contributed by atoms with Gasteiger partial charge in [0.25, 0.3) is 0 Å². The Morgan fingerprint density at radius 2 is 1.94 bits per heavy atom. The van der Waals surface area contributed by atoms with Gasteiger partial charge in [-0.1, -0.05) is 23.2 Å². The maximum Gasteiger partial charge on any atom is 0.203 e. The number of thiophene rings is 1. The fraction of sp³-hybridized carbons (Fsp3) is 0.0833. The number of hydrogen-bond acceptors (Lipinski definition) is 2. The van der Waals surface area contributed by atoms with E-state index in [-0.39, 0.29) is 5.78 Å². The predicted octanol–water partition coefficient (Wildman–Crippen LogP) is 5.36. The van der Waals surface area contributed by atoms with E-state index < -0.39 is 0 Å². The van der Waals surface area contributed by atoms with Crippen LogP contribution in [0.15, 0.2) is 28.1 Å². The van der Waals surface area contributed by atoms with Crippen LogP contribution in [0.3, 0.4) is 0 Å². The van der Waals surface area contributed by atoms with Crippen molar-refractivity contribution in [2.45, 2.75) is 6.92 Å². The second-order valence-electron chi connectivity index (χ2n) is 3.58. The quantitative estimate of drug-likeness (QED) is 0.667. The van der Waals surface area contributed by atoms with Gasteiger partial charge in [0.15, 0.2) is 0 Å². The predicted molar refractivity (Wildman–Crippen MR) is 76.7 cm³/mol. The molecule has 0 radical (unpaired) electrons. The fourth-order valence-corrected chi connectivity index (χ4v) is 3.42. The molecule has 0 N–H and O–H groups in total. The highest BCUT2D eigenvalue weighted by Crippen LogP contribution is 2.33. The van der Waals surface area contributed by atoms with Gasteiger partial charge in [0.1, 0.15) is 0 Å². The van der Waals surface area contributed by atoms with Crippen LogP contribution in [-0.4, -0.2) is 5.78 Å². The van der Waals surface area contributed by atoms with Gasteiger partial charge in [0.2, 0.25) is 5.78 Å². The van der Waals surface area contributed by atoms with E-state index >= 15 is 0 Å². The summed E-state index contributed by atoms with van der Waals surface area (Å²) in [5, 5.41) is 1.12. The zero-order chi connectivity index (χ0) is 12.6. The first-order valence-electron chi connectivity index (χ1n) is 4.74. The van der Waals surface area contributed by atoms with Crippen LogP contribution in [0.25, 0.3) is 0 Å². The van der Waals surface area contributed by atoms with Gasteiger partial charge in [-0.05, 0) is 52.7 Å². The van der Waals surface area contributed by atoms with E-state index in [4.69, 9.17) is 23.2 Å². The van der Waals surface area contributed by atoms with E-state index in [0.29, 0.717) is 20.5 Å². The van der Waals surface area contributed by atoms with Crippen molar-refractivity contribution >= 4 is 56.3 Å². The van der Waals surface area contributed by atoms with E-state index in [2.05, 4.69) is 15.9 Å². The lowest BCUT2D eigenvalue weighted by molar-refractivity contribution is 0.104. The number of benzene rings is 1. The molecular weight excluding hydrogens is 343 g/mol. The zero-order valence-electron chi connectivity index (χ0n) is 8.76.